The van der Waals surface area contributed by atoms with E-state index in [0.717, 1.165) is 22.6 Å². The molecule has 1 aliphatic carbocycles. The summed E-state index contributed by atoms with van der Waals surface area (Å²) in [7, 11) is 0. The highest BCUT2D eigenvalue weighted by atomic mass is 16.3. The molecular weight excluding hydrogens is 296 g/mol. The lowest BCUT2D eigenvalue weighted by molar-refractivity contribution is 0.477. The van der Waals surface area contributed by atoms with Crippen LogP contribution in [0.3, 0.4) is 0 Å². The van der Waals surface area contributed by atoms with E-state index in [0.29, 0.717) is 5.92 Å². The van der Waals surface area contributed by atoms with Crippen LogP contribution in [0.25, 0.3) is 16.8 Å². The Hall–Kier alpha value is -2.81. The van der Waals surface area contributed by atoms with Crippen LogP contribution < -0.4 is 0 Å². The molecule has 24 heavy (non-hydrogen) atoms. The molecule has 3 nitrogen and oxygen atoms in total. The summed E-state index contributed by atoms with van der Waals surface area (Å²) in [5, 5.41) is 10.3. The molecule has 1 aliphatic rings. The van der Waals surface area contributed by atoms with Crippen molar-refractivity contribution in [2.45, 2.75) is 19.8 Å². The molecule has 0 aliphatic heterocycles. The smallest absolute Gasteiger partial charge is 0.125 e. The third kappa shape index (κ3) is 2.24. The van der Waals surface area contributed by atoms with E-state index in [4.69, 9.17) is 4.98 Å². The summed E-state index contributed by atoms with van der Waals surface area (Å²) in [4.78, 5) is 4.95. The molecule has 1 aromatic carbocycles. The first-order valence-electron chi connectivity index (χ1n) is 8.27. The summed E-state index contributed by atoms with van der Waals surface area (Å²) in [6.45, 7) is 4.41. The lowest BCUT2D eigenvalue weighted by Gasteiger charge is -2.23. The number of aromatic nitrogens is 2. The Morgan fingerprint density at radius 3 is 2.71 bits per heavy atom. The zero-order chi connectivity index (χ0) is 16.7. The van der Waals surface area contributed by atoms with Crippen LogP contribution in [0.5, 0.6) is 5.75 Å². The van der Waals surface area contributed by atoms with Gasteiger partial charge in [-0.05, 0) is 37.1 Å². The van der Waals surface area contributed by atoms with Gasteiger partial charge in [-0.1, -0.05) is 48.9 Å². The van der Waals surface area contributed by atoms with Gasteiger partial charge in [-0.2, -0.15) is 0 Å². The van der Waals surface area contributed by atoms with Crippen molar-refractivity contribution >= 4 is 5.52 Å². The zero-order valence-electron chi connectivity index (χ0n) is 13.8. The number of allylic oxidation sites excluding steroid dienone is 4. The van der Waals surface area contributed by atoms with Gasteiger partial charge in [0.2, 0.25) is 0 Å². The minimum Gasteiger partial charge on any atom is -0.507 e. The largest absolute Gasteiger partial charge is 0.507 e. The Morgan fingerprint density at radius 2 is 1.88 bits per heavy atom. The van der Waals surface area contributed by atoms with Crippen molar-refractivity contribution < 1.29 is 5.11 Å². The molecular formula is C21H20N2O. The Kier molecular flexibility index (Phi) is 3.49. The Bertz CT molecular complexity index is 965. The van der Waals surface area contributed by atoms with Crippen LogP contribution in [-0.4, -0.2) is 14.5 Å². The minimum absolute atomic E-state index is 0.226. The van der Waals surface area contributed by atoms with Gasteiger partial charge in [-0.15, -0.1) is 0 Å². The maximum Gasteiger partial charge on any atom is 0.125 e. The van der Waals surface area contributed by atoms with E-state index >= 15 is 0 Å². The van der Waals surface area contributed by atoms with Crippen LogP contribution >= 0.6 is 0 Å². The number of imidazole rings is 1. The van der Waals surface area contributed by atoms with Gasteiger partial charge in [0, 0.05) is 17.7 Å². The minimum atomic E-state index is 0.226. The highest BCUT2D eigenvalue weighted by Crippen LogP contribution is 2.38. The van der Waals surface area contributed by atoms with E-state index < -0.39 is 0 Å². The molecule has 2 aromatic heterocycles. The van der Waals surface area contributed by atoms with Crippen LogP contribution in [0.15, 0.2) is 72.5 Å². The van der Waals surface area contributed by atoms with Crippen LogP contribution in [0.1, 0.15) is 25.6 Å². The molecule has 0 fully saturated rings. The SMILES string of the molecule is CC1=CC=CC(c2nc(-c3ccccc3O)c3ccccn23)C1C. The first kappa shape index (κ1) is 14.8. The molecule has 3 heteroatoms. The van der Waals surface area contributed by atoms with Gasteiger partial charge in [0.05, 0.1) is 5.52 Å². The standard InChI is InChI=1S/C21H20N2O/c1-14-8-7-10-16(15(14)2)21-22-20(17-9-3-4-12-19(17)24)18-11-5-6-13-23(18)21/h3-13,15-16,24H,1-2H3. The van der Waals surface area contributed by atoms with Gasteiger partial charge in [-0.25, -0.2) is 4.98 Å². The quantitative estimate of drug-likeness (QED) is 0.727. The summed E-state index contributed by atoms with van der Waals surface area (Å²) in [5.74, 6) is 1.90. The van der Waals surface area contributed by atoms with Crippen molar-refractivity contribution in [2.24, 2.45) is 5.92 Å². The molecule has 2 unspecified atom stereocenters. The van der Waals surface area contributed by atoms with E-state index in [1.54, 1.807) is 6.07 Å². The lowest BCUT2D eigenvalue weighted by Crippen LogP contribution is -2.14. The summed E-state index contributed by atoms with van der Waals surface area (Å²) >= 11 is 0. The van der Waals surface area contributed by atoms with Crippen molar-refractivity contribution in [1.29, 1.82) is 0 Å². The Morgan fingerprint density at radius 1 is 1.08 bits per heavy atom. The predicted molar refractivity (Wildman–Crippen MR) is 97.1 cm³/mol. The van der Waals surface area contributed by atoms with Gasteiger partial charge in [-0.3, -0.25) is 0 Å². The number of nitrogens with zero attached hydrogens (tertiary/aromatic N) is 2. The molecule has 0 saturated heterocycles. The molecule has 2 atom stereocenters. The molecule has 2 heterocycles. The molecule has 4 rings (SSSR count). The normalized spacial score (nSPS) is 20.3. The van der Waals surface area contributed by atoms with Crippen LogP contribution in [0, 0.1) is 5.92 Å². The number of pyridine rings is 1. The van der Waals surface area contributed by atoms with Gasteiger partial charge in [0.25, 0.3) is 0 Å². The van der Waals surface area contributed by atoms with E-state index in [1.165, 1.54) is 5.57 Å². The number of aromatic hydroxyl groups is 1. The number of rotatable bonds is 2. The Balaban J connectivity index is 1.94. The second-order valence-electron chi connectivity index (χ2n) is 6.40. The van der Waals surface area contributed by atoms with Crippen molar-refractivity contribution in [3.8, 4) is 17.0 Å². The number of hydrogen-bond donors (Lipinski definition) is 1. The second kappa shape index (κ2) is 5.68. The topological polar surface area (TPSA) is 37.5 Å². The average molecular weight is 316 g/mol. The van der Waals surface area contributed by atoms with Crippen molar-refractivity contribution in [3.05, 3.63) is 78.3 Å². The van der Waals surface area contributed by atoms with Gasteiger partial charge in [0.1, 0.15) is 17.3 Å². The third-order valence-electron chi connectivity index (χ3n) is 4.97. The number of phenols is 1. The molecule has 3 aromatic rings. The van der Waals surface area contributed by atoms with Crippen molar-refractivity contribution in [1.82, 2.24) is 9.38 Å². The van der Waals surface area contributed by atoms with Gasteiger partial charge >= 0.3 is 0 Å². The maximum absolute atomic E-state index is 10.3. The molecule has 0 bridgehead atoms. The molecule has 0 spiro atoms. The highest BCUT2D eigenvalue weighted by molar-refractivity contribution is 5.81. The summed E-state index contributed by atoms with van der Waals surface area (Å²) in [6.07, 6.45) is 8.55. The van der Waals surface area contributed by atoms with E-state index in [2.05, 4.69) is 48.7 Å². The molecule has 0 saturated carbocycles. The zero-order valence-corrected chi connectivity index (χ0v) is 13.8. The fourth-order valence-electron chi connectivity index (χ4n) is 3.41. The van der Waals surface area contributed by atoms with E-state index in [1.807, 2.05) is 30.3 Å². The maximum atomic E-state index is 10.3. The number of phenolic OH excluding ortho intramolecular Hbond substituents is 1. The van der Waals surface area contributed by atoms with Crippen molar-refractivity contribution in [2.75, 3.05) is 0 Å². The Labute approximate surface area is 141 Å². The number of para-hydroxylation sites is 1. The summed E-state index contributed by atoms with van der Waals surface area (Å²) < 4.78 is 2.14. The first-order chi connectivity index (χ1) is 11.7. The lowest BCUT2D eigenvalue weighted by atomic mass is 9.84. The monoisotopic (exact) mass is 316 g/mol. The van der Waals surface area contributed by atoms with Gasteiger partial charge < -0.3 is 9.51 Å². The fourth-order valence-corrected chi connectivity index (χ4v) is 3.41. The number of benzene rings is 1. The summed E-state index contributed by atoms with van der Waals surface area (Å²) in [6, 6.07) is 13.5. The van der Waals surface area contributed by atoms with Crippen LogP contribution in [0.4, 0.5) is 0 Å². The molecule has 1 N–H and O–H groups in total. The molecule has 0 amide bonds. The molecule has 120 valence electrons. The fraction of sp³-hybridized carbons (Fsp3) is 0.190. The van der Waals surface area contributed by atoms with E-state index in [-0.39, 0.29) is 11.7 Å². The third-order valence-corrected chi connectivity index (χ3v) is 4.97. The average Bonchev–Trinajstić information content (AvgIpc) is 2.97. The first-order valence-corrected chi connectivity index (χ1v) is 8.27. The summed E-state index contributed by atoms with van der Waals surface area (Å²) in [5.41, 5.74) is 3.98. The second-order valence-corrected chi connectivity index (χ2v) is 6.40. The van der Waals surface area contributed by atoms with E-state index in [9.17, 15) is 5.11 Å². The van der Waals surface area contributed by atoms with Gasteiger partial charge in [0.15, 0.2) is 0 Å². The predicted octanol–water partition coefficient (Wildman–Crippen LogP) is 4.94. The molecule has 0 radical (unpaired) electrons. The van der Waals surface area contributed by atoms with Crippen molar-refractivity contribution in [3.63, 3.8) is 0 Å². The van der Waals surface area contributed by atoms with Crippen LogP contribution in [0.2, 0.25) is 0 Å². The highest BCUT2D eigenvalue weighted by Gasteiger charge is 2.26. The number of hydrogen-bond acceptors (Lipinski definition) is 2. The van der Waals surface area contributed by atoms with Crippen LogP contribution in [-0.2, 0) is 0 Å². The number of fused-ring (bicyclic) bond motifs is 1.